The second-order valence-electron chi connectivity index (χ2n) is 3.07. The molecule has 90 valence electrons. The highest BCUT2D eigenvalue weighted by atomic mass is 32.2. The summed E-state index contributed by atoms with van der Waals surface area (Å²) in [4.78, 5) is 10.3. The van der Waals surface area contributed by atoms with E-state index in [4.69, 9.17) is 4.55 Å². The maximum Gasteiger partial charge on any atom is 0.372 e. The van der Waals surface area contributed by atoms with E-state index in [1.807, 2.05) is 0 Å². The van der Waals surface area contributed by atoms with Crippen LogP contribution in [-0.2, 0) is 19.6 Å². The first-order chi connectivity index (χ1) is 6.59. The van der Waals surface area contributed by atoms with Crippen LogP contribution in [0.3, 0.4) is 0 Å². The lowest BCUT2D eigenvalue weighted by Gasteiger charge is -2.19. The molecule has 0 saturated carbocycles. The summed E-state index contributed by atoms with van der Waals surface area (Å²) in [5.74, 6) is -2.27. The molecule has 1 atom stereocenters. The Kier molecular flexibility index (Phi) is 4.60. The van der Waals surface area contributed by atoms with E-state index >= 15 is 0 Å². The summed E-state index contributed by atoms with van der Waals surface area (Å²) in [6, 6.07) is 0. The summed E-state index contributed by atoms with van der Waals surface area (Å²) in [5, 5.41) is -4.23. The first kappa shape index (κ1) is 14.2. The van der Waals surface area contributed by atoms with Crippen LogP contribution in [0.5, 0.6) is 0 Å². The van der Waals surface area contributed by atoms with Crippen molar-refractivity contribution < 1.29 is 31.3 Å². The number of halogens is 2. The number of alkyl halides is 2. The monoisotopic (exact) mass is 246 g/mol. The van der Waals surface area contributed by atoms with Gasteiger partial charge < -0.3 is 4.74 Å². The van der Waals surface area contributed by atoms with Gasteiger partial charge >= 0.3 is 21.3 Å². The number of carbonyl (C=O) groups excluding carboxylic acids is 1. The van der Waals surface area contributed by atoms with Crippen LogP contribution in [0.15, 0.2) is 0 Å². The minimum Gasteiger partial charge on any atom is -0.466 e. The van der Waals surface area contributed by atoms with Crippen LogP contribution in [0.25, 0.3) is 0 Å². The number of esters is 1. The Labute approximate surface area is 86.2 Å². The molecule has 0 aliphatic rings. The number of hydrogen-bond donors (Lipinski definition) is 1. The average Bonchev–Trinajstić information content (AvgIpc) is 2.01. The third-order valence-electron chi connectivity index (χ3n) is 1.77. The fraction of sp³-hybridized carbons (Fsp3) is 0.857. The van der Waals surface area contributed by atoms with Gasteiger partial charge in [0, 0.05) is 12.8 Å². The highest BCUT2D eigenvalue weighted by molar-refractivity contribution is 7.86. The lowest BCUT2D eigenvalue weighted by atomic mass is 10.1. The molecule has 0 spiro atoms. The van der Waals surface area contributed by atoms with Gasteiger partial charge in [0.05, 0.1) is 6.61 Å². The number of carbonyl (C=O) groups is 1. The highest BCUT2D eigenvalue weighted by Gasteiger charge is 2.49. The molecular formula is C7H12F2O5S. The molecule has 0 rings (SSSR count). The van der Waals surface area contributed by atoms with Crippen LogP contribution < -0.4 is 0 Å². The largest absolute Gasteiger partial charge is 0.466 e. The zero-order chi connectivity index (χ0) is 12.3. The van der Waals surface area contributed by atoms with Crippen molar-refractivity contribution >= 4 is 16.1 Å². The van der Waals surface area contributed by atoms with E-state index in [0.717, 1.165) is 13.8 Å². The summed E-state index contributed by atoms with van der Waals surface area (Å²) in [6.45, 7) is 1.73. The molecule has 0 aromatic heterocycles. The highest BCUT2D eigenvalue weighted by Crippen LogP contribution is 2.31. The molecule has 0 aromatic rings. The first-order valence-corrected chi connectivity index (χ1v) is 5.51. The Morgan fingerprint density at radius 1 is 1.53 bits per heavy atom. The van der Waals surface area contributed by atoms with E-state index in [-0.39, 0.29) is 13.0 Å². The van der Waals surface area contributed by atoms with Gasteiger partial charge in [-0.25, -0.2) is 0 Å². The molecule has 0 amide bonds. The van der Waals surface area contributed by atoms with Gasteiger partial charge in [-0.15, -0.1) is 0 Å². The minimum absolute atomic E-state index is 0.318. The Bertz CT molecular complexity index is 324. The number of ether oxygens (including phenoxy) is 1. The van der Waals surface area contributed by atoms with Crippen molar-refractivity contribution in [3.05, 3.63) is 0 Å². The van der Waals surface area contributed by atoms with Gasteiger partial charge in [0.2, 0.25) is 0 Å². The van der Waals surface area contributed by atoms with Gasteiger partial charge in [-0.1, -0.05) is 6.92 Å². The van der Waals surface area contributed by atoms with Crippen LogP contribution in [0.2, 0.25) is 0 Å². The quantitative estimate of drug-likeness (QED) is 0.579. The fourth-order valence-corrected chi connectivity index (χ4v) is 1.43. The van der Waals surface area contributed by atoms with Gasteiger partial charge in [-0.3, -0.25) is 9.35 Å². The first-order valence-electron chi connectivity index (χ1n) is 4.07. The lowest BCUT2D eigenvalue weighted by molar-refractivity contribution is -0.141. The van der Waals surface area contributed by atoms with Gasteiger partial charge in [-0.2, -0.15) is 17.2 Å². The molecule has 0 fully saturated rings. The summed E-state index contributed by atoms with van der Waals surface area (Å²) < 4.78 is 58.9. The molecular weight excluding hydrogens is 234 g/mol. The third-order valence-corrected chi connectivity index (χ3v) is 2.86. The molecule has 0 aliphatic carbocycles. The maximum atomic E-state index is 12.9. The Hall–Kier alpha value is -0.760. The summed E-state index contributed by atoms with van der Waals surface area (Å²) in [6.07, 6.45) is -0.355. The van der Waals surface area contributed by atoms with E-state index in [0.29, 0.717) is 0 Å². The van der Waals surface area contributed by atoms with Crippen molar-refractivity contribution in [2.75, 3.05) is 6.61 Å². The molecule has 0 aromatic carbocycles. The van der Waals surface area contributed by atoms with E-state index in [9.17, 15) is 22.0 Å². The average molecular weight is 246 g/mol. The van der Waals surface area contributed by atoms with Crippen molar-refractivity contribution in [3.63, 3.8) is 0 Å². The van der Waals surface area contributed by atoms with Crippen LogP contribution in [0.1, 0.15) is 20.3 Å². The second kappa shape index (κ2) is 4.84. The van der Waals surface area contributed by atoms with Crippen LogP contribution >= 0.6 is 0 Å². The van der Waals surface area contributed by atoms with Gasteiger partial charge in [0.15, 0.2) is 0 Å². The van der Waals surface area contributed by atoms with Crippen molar-refractivity contribution in [1.29, 1.82) is 0 Å². The van der Waals surface area contributed by atoms with Gasteiger partial charge in [-0.05, 0) is 6.42 Å². The van der Waals surface area contributed by atoms with Gasteiger partial charge in [0.25, 0.3) is 0 Å². The molecule has 0 saturated heterocycles. The molecule has 0 aliphatic heterocycles. The molecule has 15 heavy (non-hydrogen) atoms. The standard InChI is InChI=1S/C7H12F2O5S/c1-5(3-4-14-6(2)10)7(8,9)15(11,12)13/h5H,3-4H2,1-2H3,(H,11,12,13). The molecule has 0 bridgehead atoms. The Morgan fingerprint density at radius 3 is 2.33 bits per heavy atom. The minimum atomic E-state index is -5.43. The maximum absolute atomic E-state index is 12.9. The second-order valence-corrected chi connectivity index (χ2v) is 4.56. The lowest BCUT2D eigenvalue weighted by Crippen LogP contribution is -2.36. The fourth-order valence-electron chi connectivity index (χ4n) is 0.802. The molecule has 5 nitrogen and oxygen atoms in total. The zero-order valence-electron chi connectivity index (χ0n) is 8.24. The smallest absolute Gasteiger partial charge is 0.372 e. The SMILES string of the molecule is CC(=O)OCCC(C)C(F)(F)S(=O)(=O)O. The topological polar surface area (TPSA) is 80.7 Å². The van der Waals surface area contributed by atoms with Crippen molar-refractivity contribution in [2.24, 2.45) is 5.92 Å². The number of hydrogen-bond acceptors (Lipinski definition) is 4. The summed E-state index contributed by atoms with van der Waals surface area (Å²) in [7, 11) is -5.43. The Balaban J connectivity index is 4.33. The zero-order valence-corrected chi connectivity index (χ0v) is 9.05. The predicted octanol–water partition coefficient (Wildman–Crippen LogP) is 1.06. The van der Waals surface area contributed by atoms with Gasteiger partial charge in [0.1, 0.15) is 0 Å². The molecule has 1 unspecified atom stereocenters. The molecule has 0 radical (unpaired) electrons. The van der Waals surface area contributed by atoms with Crippen molar-refractivity contribution in [2.45, 2.75) is 25.5 Å². The van der Waals surface area contributed by atoms with Crippen molar-refractivity contribution in [1.82, 2.24) is 0 Å². The summed E-state index contributed by atoms with van der Waals surface area (Å²) >= 11 is 0. The van der Waals surface area contributed by atoms with E-state index < -0.39 is 27.3 Å². The van der Waals surface area contributed by atoms with E-state index in [1.54, 1.807) is 0 Å². The van der Waals surface area contributed by atoms with E-state index in [1.165, 1.54) is 0 Å². The molecule has 0 heterocycles. The van der Waals surface area contributed by atoms with E-state index in [2.05, 4.69) is 4.74 Å². The molecule has 1 N–H and O–H groups in total. The molecule has 8 heteroatoms. The van der Waals surface area contributed by atoms with Crippen molar-refractivity contribution in [3.8, 4) is 0 Å². The van der Waals surface area contributed by atoms with Crippen LogP contribution in [0, 0.1) is 5.92 Å². The van der Waals surface area contributed by atoms with Crippen LogP contribution in [0.4, 0.5) is 8.78 Å². The van der Waals surface area contributed by atoms with Crippen LogP contribution in [-0.4, -0.2) is 30.8 Å². The Morgan fingerprint density at radius 2 is 2.00 bits per heavy atom. The number of rotatable bonds is 5. The third kappa shape index (κ3) is 4.08. The summed E-state index contributed by atoms with van der Waals surface area (Å²) in [5.41, 5.74) is 0. The normalized spacial score (nSPS) is 14.7. The predicted molar refractivity (Wildman–Crippen MR) is 46.9 cm³/mol.